The van der Waals surface area contributed by atoms with Crippen LogP contribution < -0.4 is 5.73 Å². The molecule has 0 aliphatic heterocycles. The summed E-state index contributed by atoms with van der Waals surface area (Å²) in [5.41, 5.74) is 9.36. The summed E-state index contributed by atoms with van der Waals surface area (Å²) < 4.78 is 1.80. The molecule has 1 heterocycles. The van der Waals surface area contributed by atoms with Gasteiger partial charge in [0.1, 0.15) is 11.4 Å². The molecule has 0 unspecified atom stereocenters. The van der Waals surface area contributed by atoms with Crippen molar-refractivity contribution in [2.75, 3.05) is 5.73 Å². The highest BCUT2D eigenvalue weighted by Gasteiger charge is 2.13. The second kappa shape index (κ2) is 3.77. The van der Waals surface area contributed by atoms with E-state index in [4.69, 9.17) is 5.73 Å². The zero-order chi connectivity index (χ0) is 12.7. The Morgan fingerprint density at radius 3 is 2.72 bits per heavy atom. The van der Waals surface area contributed by atoms with Crippen LogP contribution in [0.5, 0.6) is 5.75 Å². The Morgan fingerprint density at radius 1 is 1.17 bits per heavy atom. The molecule has 18 heavy (non-hydrogen) atoms. The molecule has 0 spiro atoms. The first-order valence-electron chi connectivity index (χ1n) is 5.67. The van der Waals surface area contributed by atoms with Crippen LogP contribution >= 0.6 is 0 Å². The smallest absolute Gasteiger partial charge is 0.116 e. The van der Waals surface area contributed by atoms with E-state index in [-0.39, 0.29) is 5.75 Å². The van der Waals surface area contributed by atoms with Gasteiger partial charge in [-0.15, -0.1) is 0 Å². The minimum absolute atomic E-state index is 0.223. The molecule has 0 saturated heterocycles. The molecule has 2 aromatic carbocycles. The number of aromatic nitrogens is 2. The van der Waals surface area contributed by atoms with Crippen LogP contribution in [0.4, 0.5) is 5.69 Å². The Morgan fingerprint density at radius 2 is 1.94 bits per heavy atom. The number of aromatic hydroxyl groups is 1. The fourth-order valence-corrected chi connectivity index (χ4v) is 2.19. The van der Waals surface area contributed by atoms with Gasteiger partial charge in [0.05, 0.1) is 10.9 Å². The average Bonchev–Trinajstić information content (AvgIpc) is 2.69. The number of aryl methyl sites for hydroxylation is 1. The molecule has 0 atom stereocenters. The molecule has 0 fully saturated rings. The summed E-state index contributed by atoms with van der Waals surface area (Å²) in [6.07, 6.45) is 0. The van der Waals surface area contributed by atoms with Crippen LogP contribution in [-0.4, -0.2) is 14.9 Å². The van der Waals surface area contributed by atoms with Crippen LogP contribution in [0.2, 0.25) is 0 Å². The Kier molecular flexibility index (Phi) is 2.23. The van der Waals surface area contributed by atoms with Gasteiger partial charge in [0.25, 0.3) is 0 Å². The molecule has 4 heteroatoms. The van der Waals surface area contributed by atoms with Gasteiger partial charge in [0.15, 0.2) is 0 Å². The van der Waals surface area contributed by atoms with E-state index in [0.29, 0.717) is 5.69 Å². The highest BCUT2D eigenvalue weighted by molar-refractivity contribution is 6.01. The van der Waals surface area contributed by atoms with E-state index in [0.717, 1.165) is 22.2 Å². The van der Waals surface area contributed by atoms with Crippen molar-refractivity contribution in [2.45, 2.75) is 0 Å². The molecule has 0 radical (unpaired) electrons. The van der Waals surface area contributed by atoms with Gasteiger partial charge in [-0.3, -0.25) is 4.68 Å². The molecule has 0 aliphatic rings. The van der Waals surface area contributed by atoms with Gasteiger partial charge in [-0.25, -0.2) is 0 Å². The van der Waals surface area contributed by atoms with Crippen molar-refractivity contribution in [1.82, 2.24) is 9.78 Å². The molecule has 4 nitrogen and oxygen atoms in total. The number of rotatable bonds is 1. The molecule has 3 rings (SSSR count). The Hall–Kier alpha value is -2.49. The van der Waals surface area contributed by atoms with Gasteiger partial charge in [-0.05, 0) is 24.3 Å². The fraction of sp³-hybridized carbons (Fsp3) is 0.0714. The number of nitrogen functional groups attached to an aromatic ring is 1. The van der Waals surface area contributed by atoms with Gasteiger partial charge in [-0.1, -0.05) is 18.2 Å². The maximum atomic E-state index is 9.56. The molecule has 1 aromatic heterocycles. The lowest BCUT2D eigenvalue weighted by Crippen LogP contribution is -1.89. The summed E-state index contributed by atoms with van der Waals surface area (Å²) in [4.78, 5) is 0. The molecular weight excluding hydrogens is 226 g/mol. The van der Waals surface area contributed by atoms with Crippen LogP contribution in [0.25, 0.3) is 22.2 Å². The lowest BCUT2D eigenvalue weighted by molar-refractivity contribution is 0.475. The number of phenolic OH excluding ortho intramolecular Hbond substituents is 1. The summed E-state index contributed by atoms with van der Waals surface area (Å²) in [5, 5.41) is 15.0. The Balaban J connectivity index is 2.36. The number of benzene rings is 2. The average molecular weight is 239 g/mol. The third-order valence-corrected chi connectivity index (χ3v) is 3.03. The summed E-state index contributed by atoms with van der Waals surface area (Å²) in [5.74, 6) is 0.223. The van der Waals surface area contributed by atoms with E-state index in [9.17, 15) is 5.11 Å². The molecule has 3 N–H and O–H groups in total. The molecular formula is C14H13N3O. The molecule has 0 amide bonds. The molecule has 3 aromatic rings. The number of fused-ring (bicyclic) bond motifs is 1. The third-order valence-electron chi connectivity index (χ3n) is 3.03. The topological polar surface area (TPSA) is 64.1 Å². The van der Waals surface area contributed by atoms with E-state index < -0.39 is 0 Å². The maximum Gasteiger partial charge on any atom is 0.116 e. The van der Waals surface area contributed by atoms with E-state index in [1.54, 1.807) is 22.9 Å². The molecule has 90 valence electrons. The fourth-order valence-electron chi connectivity index (χ4n) is 2.19. The van der Waals surface area contributed by atoms with Crippen molar-refractivity contribution < 1.29 is 5.11 Å². The summed E-state index contributed by atoms with van der Waals surface area (Å²) >= 11 is 0. The van der Waals surface area contributed by atoms with Crippen molar-refractivity contribution in [3.8, 4) is 17.0 Å². The van der Waals surface area contributed by atoms with Crippen molar-refractivity contribution in [1.29, 1.82) is 0 Å². The van der Waals surface area contributed by atoms with Gasteiger partial charge < -0.3 is 10.8 Å². The summed E-state index contributed by atoms with van der Waals surface area (Å²) in [6.45, 7) is 0. The third kappa shape index (κ3) is 1.50. The minimum Gasteiger partial charge on any atom is -0.508 e. The van der Waals surface area contributed by atoms with Crippen LogP contribution in [0.15, 0.2) is 42.5 Å². The number of hydrogen-bond donors (Lipinski definition) is 2. The predicted molar refractivity (Wildman–Crippen MR) is 72.2 cm³/mol. The second-order valence-corrected chi connectivity index (χ2v) is 4.26. The van der Waals surface area contributed by atoms with Gasteiger partial charge >= 0.3 is 0 Å². The standard InChI is InChI=1S/C14H13N3O/c1-17-12-7-3-6-11(15)13(12)14(16-17)9-4-2-5-10(18)8-9/h2-8,18H,15H2,1H3. The first-order chi connectivity index (χ1) is 8.66. The predicted octanol–water partition coefficient (Wildman–Crippen LogP) is 2.53. The Bertz CT molecular complexity index is 731. The highest BCUT2D eigenvalue weighted by atomic mass is 16.3. The Labute approximate surface area is 104 Å². The molecule has 0 bridgehead atoms. The van der Waals surface area contributed by atoms with Gasteiger partial charge in [0, 0.05) is 18.3 Å². The maximum absolute atomic E-state index is 9.56. The summed E-state index contributed by atoms with van der Waals surface area (Å²) in [6, 6.07) is 12.8. The van der Waals surface area contributed by atoms with E-state index in [1.165, 1.54) is 0 Å². The highest BCUT2D eigenvalue weighted by Crippen LogP contribution is 2.32. The normalized spacial score (nSPS) is 10.9. The summed E-state index contributed by atoms with van der Waals surface area (Å²) in [7, 11) is 1.88. The lowest BCUT2D eigenvalue weighted by atomic mass is 10.1. The van der Waals surface area contributed by atoms with E-state index >= 15 is 0 Å². The van der Waals surface area contributed by atoms with Crippen molar-refractivity contribution >= 4 is 16.6 Å². The van der Waals surface area contributed by atoms with Crippen LogP contribution in [-0.2, 0) is 7.05 Å². The first-order valence-corrected chi connectivity index (χ1v) is 5.67. The first kappa shape index (κ1) is 10.7. The van der Waals surface area contributed by atoms with Crippen molar-refractivity contribution in [3.05, 3.63) is 42.5 Å². The zero-order valence-electron chi connectivity index (χ0n) is 9.96. The van der Waals surface area contributed by atoms with Crippen LogP contribution in [0.1, 0.15) is 0 Å². The SMILES string of the molecule is Cn1nc(-c2cccc(O)c2)c2c(N)cccc21. The van der Waals surface area contributed by atoms with Gasteiger partial charge in [0.2, 0.25) is 0 Å². The number of anilines is 1. The largest absolute Gasteiger partial charge is 0.508 e. The van der Waals surface area contributed by atoms with Crippen molar-refractivity contribution in [3.63, 3.8) is 0 Å². The quantitative estimate of drug-likeness (QED) is 0.641. The van der Waals surface area contributed by atoms with E-state index in [1.807, 2.05) is 31.3 Å². The number of nitrogens with zero attached hydrogens (tertiary/aromatic N) is 2. The minimum atomic E-state index is 0.223. The zero-order valence-corrected chi connectivity index (χ0v) is 9.96. The van der Waals surface area contributed by atoms with Crippen molar-refractivity contribution in [2.24, 2.45) is 7.05 Å². The van der Waals surface area contributed by atoms with Gasteiger partial charge in [-0.2, -0.15) is 5.10 Å². The number of nitrogens with two attached hydrogens (primary N) is 1. The van der Waals surface area contributed by atoms with Crippen LogP contribution in [0, 0.1) is 0 Å². The molecule has 0 aliphatic carbocycles. The second-order valence-electron chi connectivity index (χ2n) is 4.26. The van der Waals surface area contributed by atoms with Crippen LogP contribution in [0.3, 0.4) is 0 Å². The monoisotopic (exact) mass is 239 g/mol. The lowest BCUT2D eigenvalue weighted by Gasteiger charge is -2.01. The van der Waals surface area contributed by atoms with E-state index in [2.05, 4.69) is 5.10 Å². The number of phenols is 1. The molecule has 0 saturated carbocycles. The number of hydrogen-bond acceptors (Lipinski definition) is 3.